The first kappa shape index (κ1) is 16.4. The van der Waals surface area contributed by atoms with Gasteiger partial charge in [0.2, 0.25) is 5.91 Å². The second-order valence-electron chi connectivity index (χ2n) is 6.74. The van der Waals surface area contributed by atoms with E-state index in [2.05, 4.69) is 15.5 Å². The highest BCUT2D eigenvalue weighted by Gasteiger charge is 2.50. The summed E-state index contributed by atoms with van der Waals surface area (Å²) in [7, 11) is 0. The van der Waals surface area contributed by atoms with Gasteiger partial charge in [0.1, 0.15) is 5.54 Å². The number of rotatable bonds is 2. The van der Waals surface area contributed by atoms with Crippen LogP contribution in [-0.4, -0.2) is 42.1 Å². The van der Waals surface area contributed by atoms with Crippen molar-refractivity contribution in [1.29, 1.82) is 0 Å². The number of anilines is 2. The van der Waals surface area contributed by atoms with E-state index in [4.69, 9.17) is 0 Å². The summed E-state index contributed by atoms with van der Waals surface area (Å²) in [5, 5.41) is 5.90. The Morgan fingerprint density at radius 2 is 1.58 bits per heavy atom. The minimum absolute atomic E-state index is 0.0597. The lowest BCUT2D eigenvalue weighted by Gasteiger charge is -2.43. The fraction of sp³-hybridized carbons (Fsp3) is 0.300. The van der Waals surface area contributed by atoms with E-state index in [0.717, 1.165) is 11.4 Å². The smallest absolute Gasteiger partial charge is 0.321 e. The number of amides is 3. The number of benzene rings is 2. The molecule has 0 bridgehead atoms. The Bertz CT molecular complexity index is 786. The number of hydrogen-bond acceptors (Lipinski definition) is 3. The molecule has 0 atom stereocenters. The molecule has 0 unspecified atom stereocenters. The molecule has 2 aromatic rings. The zero-order valence-electron chi connectivity index (χ0n) is 14.5. The van der Waals surface area contributed by atoms with Crippen molar-refractivity contribution in [3.8, 4) is 0 Å². The number of carbonyl (C=O) groups is 2. The van der Waals surface area contributed by atoms with Crippen LogP contribution in [0.2, 0.25) is 0 Å². The molecule has 2 N–H and O–H groups in total. The molecule has 2 aliphatic heterocycles. The molecule has 0 radical (unpaired) electrons. The highest BCUT2D eigenvalue weighted by Crippen LogP contribution is 2.36. The first-order chi connectivity index (χ1) is 12.7. The number of carbonyl (C=O) groups excluding carboxylic acids is 2. The van der Waals surface area contributed by atoms with E-state index in [-0.39, 0.29) is 11.9 Å². The van der Waals surface area contributed by atoms with E-state index >= 15 is 0 Å². The summed E-state index contributed by atoms with van der Waals surface area (Å²) in [6.07, 6.45) is 1.24. The lowest BCUT2D eigenvalue weighted by molar-refractivity contribution is -0.124. The number of nitrogens with zero attached hydrogens (tertiary/aromatic N) is 2. The maximum atomic E-state index is 12.6. The summed E-state index contributed by atoms with van der Waals surface area (Å²) in [5.41, 5.74) is 1.25. The van der Waals surface area contributed by atoms with Crippen LogP contribution in [0.4, 0.5) is 16.2 Å². The molecular weight excluding hydrogens is 328 g/mol. The van der Waals surface area contributed by atoms with Crippen LogP contribution < -0.4 is 15.5 Å². The average Bonchev–Trinajstić information content (AvgIpc) is 3.00. The maximum Gasteiger partial charge on any atom is 0.321 e. The van der Waals surface area contributed by atoms with Crippen molar-refractivity contribution >= 4 is 23.3 Å². The largest absolute Gasteiger partial charge is 0.339 e. The van der Waals surface area contributed by atoms with E-state index < -0.39 is 5.54 Å². The van der Waals surface area contributed by atoms with Crippen molar-refractivity contribution in [2.45, 2.75) is 18.4 Å². The van der Waals surface area contributed by atoms with Crippen molar-refractivity contribution in [2.24, 2.45) is 0 Å². The summed E-state index contributed by atoms with van der Waals surface area (Å²) < 4.78 is 0. The minimum Gasteiger partial charge on any atom is -0.339 e. The van der Waals surface area contributed by atoms with E-state index in [1.165, 1.54) is 0 Å². The van der Waals surface area contributed by atoms with Crippen molar-refractivity contribution in [3.63, 3.8) is 0 Å². The molecule has 134 valence electrons. The normalized spacial score (nSPS) is 18.7. The lowest BCUT2D eigenvalue weighted by atomic mass is 9.85. The number of hydrogen-bond donors (Lipinski definition) is 2. The van der Waals surface area contributed by atoms with Gasteiger partial charge in [0.25, 0.3) is 0 Å². The topological polar surface area (TPSA) is 64.7 Å². The number of para-hydroxylation sites is 2. The molecule has 2 aliphatic rings. The number of likely N-dealkylation sites (tertiary alicyclic amines) is 1. The molecule has 2 aromatic carbocycles. The molecule has 0 aliphatic carbocycles. The van der Waals surface area contributed by atoms with Gasteiger partial charge in [-0.2, -0.15) is 0 Å². The molecule has 3 amide bonds. The fourth-order valence-corrected chi connectivity index (χ4v) is 3.84. The van der Waals surface area contributed by atoms with Crippen LogP contribution in [0.5, 0.6) is 0 Å². The van der Waals surface area contributed by atoms with Crippen LogP contribution in [0.3, 0.4) is 0 Å². The Morgan fingerprint density at radius 3 is 2.23 bits per heavy atom. The molecule has 6 heteroatoms. The molecule has 0 saturated carbocycles. The second kappa shape index (κ2) is 6.71. The first-order valence-corrected chi connectivity index (χ1v) is 8.91. The molecule has 1 spiro atoms. The van der Waals surface area contributed by atoms with E-state index in [1.807, 2.05) is 60.7 Å². The van der Waals surface area contributed by atoms with Crippen LogP contribution in [0, 0.1) is 0 Å². The Morgan fingerprint density at radius 1 is 0.962 bits per heavy atom. The second-order valence-corrected chi connectivity index (χ2v) is 6.74. The Balaban J connectivity index is 1.46. The highest BCUT2D eigenvalue weighted by molar-refractivity contribution is 5.94. The van der Waals surface area contributed by atoms with Gasteiger partial charge in [0.05, 0.1) is 6.67 Å². The zero-order valence-corrected chi connectivity index (χ0v) is 14.5. The van der Waals surface area contributed by atoms with Gasteiger partial charge in [-0.25, -0.2) is 4.79 Å². The zero-order chi connectivity index (χ0) is 18.0. The van der Waals surface area contributed by atoms with Crippen molar-refractivity contribution in [1.82, 2.24) is 10.2 Å². The molecule has 2 fully saturated rings. The average molecular weight is 350 g/mol. The van der Waals surface area contributed by atoms with Crippen LogP contribution in [-0.2, 0) is 4.79 Å². The standard InChI is InChI=1S/C20H22N4O2/c25-18-20(24(15-21-18)17-9-5-2-6-10-17)11-13-23(14-12-20)19(26)22-16-7-3-1-4-8-16/h1-10H,11-15H2,(H,21,25)(H,22,26). The summed E-state index contributed by atoms with van der Waals surface area (Å²) in [6.45, 7) is 1.61. The monoisotopic (exact) mass is 350 g/mol. The summed E-state index contributed by atoms with van der Waals surface area (Å²) >= 11 is 0. The third-order valence-corrected chi connectivity index (χ3v) is 5.31. The first-order valence-electron chi connectivity index (χ1n) is 8.91. The van der Waals surface area contributed by atoms with Gasteiger partial charge >= 0.3 is 6.03 Å². The van der Waals surface area contributed by atoms with Gasteiger partial charge in [-0.1, -0.05) is 36.4 Å². The molecule has 26 heavy (non-hydrogen) atoms. The molecule has 4 rings (SSSR count). The van der Waals surface area contributed by atoms with E-state index in [9.17, 15) is 9.59 Å². The number of urea groups is 1. The summed E-state index contributed by atoms with van der Waals surface area (Å²) in [4.78, 5) is 29.1. The SMILES string of the molecule is O=C(Nc1ccccc1)N1CCC2(CC1)C(=O)NCN2c1ccccc1. The van der Waals surface area contributed by atoms with Gasteiger partial charge in [0, 0.05) is 24.5 Å². The van der Waals surface area contributed by atoms with Crippen LogP contribution in [0.15, 0.2) is 60.7 Å². The van der Waals surface area contributed by atoms with Gasteiger partial charge < -0.3 is 20.4 Å². The number of piperidine rings is 1. The van der Waals surface area contributed by atoms with Crippen LogP contribution >= 0.6 is 0 Å². The van der Waals surface area contributed by atoms with E-state index in [0.29, 0.717) is 32.6 Å². The van der Waals surface area contributed by atoms with Crippen LogP contribution in [0.25, 0.3) is 0 Å². The molecule has 6 nitrogen and oxygen atoms in total. The predicted octanol–water partition coefficient (Wildman–Crippen LogP) is 2.65. The highest BCUT2D eigenvalue weighted by atomic mass is 16.2. The number of nitrogens with one attached hydrogen (secondary N) is 2. The fourth-order valence-electron chi connectivity index (χ4n) is 3.84. The minimum atomic E-state index is -0.565. The Hall–Kier alpha value is -3.02. The van der Waals surface area contributed by atoms with Crippen molar-refractivity contribution < 1.29 is 9.59 Å². The van der Waals surface area contributed by atoms with Crippen molar-refractivity contribution in [2.75, 3.05) is 30.0 Å². The van der Waals surface area contributed by atoms with Gasteiger partial charge in [0.15, 0.2) is 0 Å². The summed E-state index contributed by atoms with van der Waals surface area (Å²) in [6, 6.07) is 19.3. The van der Waals surface area contributed by atoms with Gasteiger partial charge in [-0.05, 0) is 37.1 Å². The maximum absolute atomic E-state index is 12.6. The Kier molecular flexibility index (Phi) is 4.24. The molecule has 2 heterocycles. The van der Waals surface area contributed by atoms with Crippen LogP contribution in [0.1, 0.15) is 12.8 Å². The third-order valence-electron chi connectivity index (χ3n) is 5.31. The third kappa shape index (κ3) is 2.87. The van der Waals surface area contributed by atoms with Gasteiger partial charge in [-0.15, -0.1) is 0 Å². The molecule has 2 saturated heterocycles. The van der Waals surface area contributed by atoms with Crippen molar-refractivity contribution in [3.05, 3.63) is 60.7 Å². The quantitative estimate of drug-likeness (QED) is 0.875. The lowest BCUT2D eigenvalue weighted by Crippen LogP contribution is -2.57. The Labute approximate surface area is 152 Å². The van der Waals surface area contributed by atoms with E-state index in [1.54, 1.807) is 4.90 Å². The molecule has 0 aromatic heterocycles. The molecular formula is C20H22N4O2. The van der Waals surface area contributed by atoms with Gasteiger partial charge in [-0.3, -0.25) is 4.79 Å². The summed E-state index contributed by atoms with van der Waals surface area (Å²) in [5.74, 6) is 0.0597. The predicted molar refractivity (Wildman–Crippen MR) is 101 cm³/mol.